The Morgan fingerprint density at radius 2 is 2.05 bits per heavy atom. The zero-order valence-corrected chi connectivity index (χ0v) is 12.6. The molecule has 0 fully saturated rings. The van der Waals surface area contributed by atoms with Crippen molar-refractivity contribution < 1.29 is 4.74 Å². The van der Waals surface area contributed by atoms with E-state index in [0.717, 1.165) is 17.7 Å². The Kier molecular flexibility index (Phi) is 4.45. The summed E-state index contributed by atoms with van der Waals surface area (Å²) in [5, 5.41) is 4.21. The van der Waals surface area contributed by atoms with Crippen molar-refractivity contribution in [2.75, 3.05) is 0 Å². The molecule has 2 aromatic rings. The van der Waals surface area contributed by atoms with Crippen LogP contribution in [0.25, 0.3) is 0 Å². The summed E-state index contributed by atoms with van der Waals surface area (Å²) in [7, 11) is 1.90. The Labute approximate surface area is 120 Å². The van der Waals surface area contributed by atoms with Gasteiger partial charge in [-0.15, -0.1) is 0 Å². The van der Waals surface area contributed by atoms with E-state index in [1.807, 2.05) is 25.5 Å². The fraction of sp³-hybridized carbons (Fsp3) is 0.438. The average molecular weight is 273 g/mol. The number of aryl methyl sites for hydroxylation is 3. The molecule has 2 atom stereocenters. The van der Waals surface area contributed by atoms with Crippen molar-refractivity contribution in [3.63, 3.8) is 0 Å². The monoisotopic (exact) mass is 273 g/mol. The van der Waals surface area contributed by atoms with Crippen LogP contribution in [0, 0.1) is 13.8 Å². The minimum absolute atomic E-state index is 0.0548. The van der Waals surface area contributed by atoms with E-state index < -0.39 is 0 Å². The number of hydrogen-bond acceptors (Lipinski definition) is 3. The first kappa shape index (κ1) is 14.6. The fourth-order valence-electron chi connectivity index (χ4n) is 2.14. The van der Waals surface area contributed by atoms with Crippen LogP contribution in [0.5, 0.6) is 5.75 Å². The van der Waals surface area contributed by atoms with Gasteiger partial charge in [-0.05, 0) is 43.5 Å². The van der Waals surface area contributed by atoms with Crippen LogP contribution in [0.2, 0.25) is 0 Å². The summed E-state index contributed by atoms with van der Waals surface area (Å²) in [4.78, 5) is 0. The van der Waals surface area contributed by atoms with E-state index >= 15 is 0 Å². The predicted molar refractivity (Wildman–Crippen MR) is 80.8 cm³/mol. The van der Waals surface area contributed by atoms with E-state index in [2.05, 4.69) is 38.0 Å². The average Bonchev–Trinajstić information content (AvgIpc) is 2.85. The van der Waals surface area contributed by atoms with Gasteiger partial charge in [0.1, 0.15) is 11.9 Å². The highest BCUT2D eigenvalue weighted by molar-refractivity contribution is 5.34. The molecule has 2 rings (SSSR count). The standard InChI is InChI=1S/C16H23N3O/c1-5-15(17)16(13-9-18-19(4)10-13)20-14-7-6-11(2)12(3)8-14/h6-10,15-16H,5,17H2,1-4H3. The lowest BCUT2D eigenvalue weighted by atomic mass is 10.0. The molecule has 1 aromatic carbocycles. The van der Waals surface area contributed by atoms with Crippen LogP contribution in [0.15, 0.2) is 30.6 Å². The van der Waals surface area contributed by atoms with Gasteiger partial charge in [-0.2, -0.15) is 5.10 Å². The van der Waals surface area contributed by atoms with E-state index in [-0.39, 0.29) is 12.1 Å². The molecule has 2 N–H and O–H groups in total. The third kappa shape index (κ3) is 3.20. The summed E-state index contributed by atoms with van der Waals surface area (Å²) in [6.07, 6.45) is 4.46. The minimum Gasteiger partial charge on any atom is -0.484 e. The van der Waals surface area contributed by atoms with Crippen molar-refractivity contribution in [3.05, 3.63) is 47.3 Å². The van der Waals surface area contributed by atoms with Crippen LogP contribution in [-0.2, 0) is 7.05 Å². The molecule has 4 heteroatoms. The van der Waals surface area contributed by atoms with Gasteiger partial charge in [-0.3, -0.25) is 4.68 Å². The molecule has 4 nitrogen and oxygen atoms in total. The van der Waals surface area contributed by atoms with Crippen molar-refractivity contribution in [1.82, 2.24) is 9.78 Å². The van der Waals surface area contributed by atoms with E-state index in [1.165, 1.54) is 11.1 Å². The molecule has 0 aliphatic rings. The molecular formula is C16H23N3O. The van der Waals surface area contributed by atoms with E-state index in [0.29, 0.717) is 0 Å². The zero-order valence-electron chi connectivity index (χ0n) is 12.6. The first-order chi connectivity index (χ1) is 9.51. The SMILES string of the molecule is CCC(N)C(Oc1ccc(C)c(C)c1)c1cnn(C)c1. The molecule has 108 valence electrons. The highest BCUT2D eigenvalue weighted by atomic mass is 16.5. The highest BCUT2D eigenvalue weighted by Crippen LogP contribution is 2.26. The van der Waals surface area contributed by atoms with Gasteiger partial charge in [0.2, 0.25) is 0 Å². The van der Waals surface area contributed by atoms with Gasteiger partial charge in [0.05, 0.1) is 6.20 Å². The summed E-state index contributed by atoms with van der Waals surface area (Å²) in [5.41, 5.74) is 9.71. The number of aromatic nitrogens is 2. The topological polar surface area (TPSA) is 53.1 Å². The van der Waals surface area contributed by atoms with Crippen LogP contribution >= 0.6 is 0 Å². The third-order valence-corrected chi connectivity index (χ3v) is 3.66. The lowest BCUT2D eigenvalue weighted by Gasteiger charge is -2.23. The fourth-order valence-corrected chi connectivity index (χ4v) is 2.14. The van der Waals surface area contributed by atoms with E-state index in [1.54, 1.807) is 4.68 Å². The number of ether oxygens (including phenoxy) is 1. The van der Waals surface area contributed by atoms with Crippen LogP contribution < -0.4 is 10.5 Å². The van der Waals surface area contributed by atoms with Crippen molar-refractivity contribution >= 4 is 0 Å². The van der Waals surface area contributed by atoms with Crippen LogP contribution in [-0.4, -0.2) is 15.8 Å². The van der Waals surface area contributed by atoms with E-state index in [4.69, 9.17) is 10.5 Å². The van der Waals surface area contributed by atoms with Gasteiger partial charge in [0.15, 0.2) is 0 Å². The molecule has 0 saturated heterocycles. The summed E-state index contributed by atoms with van der Waals surface area (Å²) < 4.78 is 7.90. The third-order valence-electron chi connectivity index (χ3n) is 3.66. The minimum atomic E-state index is -0.171. The van der Waals surface area contributed by atoms with Gasteiger partial charge in [0.25, 0.3) is 0 Å². The quantitative estimate of drug-likeness (QED) is 0.911. The van der Waals surface area contributed by atoms with Gasteiger partial charge in [-0.25, -0.2) is 0 Å². The Hall–Kier alpha value is -1.81. The van der Waals surface area contributed by atoms with Gasteiger partial charge in [0, 0.05) is 24.8 Å². The molecular weight excluding hydrogens is 250 g/mol. The first-order valence-corrected chi connectivity index (χ1v) is 6.99. The smallest absolute Gasteiger partial charge is 0.142 e. The normalized spacial score (nSPS) is 14.1. The predicted octanol–water partition coefficient (Wildman–Crippen LogP) is 2.89. The maximum atomic E-state index is 6.21. The van der Waals surface area contributed by atoms with Crippen LogP contribution in [0.1, 0.15) is 36.1 Å². The van der Waals surface area contributed by atoms with E-state index in [9.17, 15) is 0 Å². The Morgan fingerprint density at radius 3 is 2.60 bits per heavy atom. The summed E-state index contributed by atoms with van der Waals surface area (Å²) >= 11 is 0. The molecule has 0 aliphatic carbocycles. The maximum absolute atomic E-state index is 6.21. The molecule has 0 amide bonds. The van der Waals surface area contributed by atoms with Crippen molar-refractivity contribution in [3.8, 4) is 5.75 Å². The number of nitrogens with two attached hydrogens (primary N) is 1. The molecule has 1 heterocycles. The molecule has 20 heavy (non-hydrogen) atoms. The Bertz CT molecular complexity index is 577. The number of benzene rings is 1. The van der Waals surface area contributed by atoms with Gasteiger partial charge in [-0.1, -0.05) is 13.0 Å². The highest BCUT2D eigenvalue weighted by Gasteiger charge is 2.22. The summed E-state index contributed by atoms with van der Waals surface area (Å²) in [6, 6.07) is 6.07. The number of hydrogen-bond donors (Lipinski definition) is 1. The Morgan fingerprint density at radius 1 is 1.30 bits per heavy atom. The summed E-state index contributed by atoms with van der Waals surface area (Å²) in [5.74, 6) is 0.853. The Balaban J connectivity index is 2.25. The lowest BCUT2D eigenvalue weighted by Crippen LogP contribution is -2.31. The largest absolute Gasteiger partial charge is 0.484 e. The van der Waals surface area contributed by atoms with Crippen molar-refractivity contribution in [2.45, 2.75) is 39.3 Å². The maximum Gasteiger partial charge on any atom is 0.142 e. The second-order valence-corrected chi connectivity index (χ2v) is 5.30. The number of rotatable bonds is 5. The van der Waals surface area contributed by atoms with Gasteiger partial charge >= 0.3 is 0 Å². The molecule has 0 spiro atoms. The molecule has 0 bridgehead atoms. The van der Waals surface area contributed by atoms with Gasteiger partial charge < -0.3 is 10.5 Å². The van der Waals surface area contributed by atoms with Crippen LogP contribution in [0.4, 0.5) is 0 Å². The molecule has 2 unspecified atom stereocenters. The zero-order chi connectivity index (χ0) is 14.7. The molecule has 0 aliphatic heterocycles. The first-order valence-electron chi connectivity index (χ1n) is 6.99. The number of nitrogens with zero attached hydrogens (tertiary/aromatic N) is 2. The molecule has 0 saturated carbocycles. The summed E-state index contributed by atoms with van der Waals surface area (Å²) in [6.45, 7) is 6.24. The van der Waals surface area contributed by atoms with Crippen LogP contribution in [0.3, 0.4) is 0 Å². The molecule has 1 aromatic heterocycles. The van der Waals surface area contributed by atoms with Crippen molar-refractivity contribution in [2.24, 2.45) is 12.8 Å². The lowest BCUT2D eigenvalue weighted by molar-refractivity contribution is 0.171. The van der Waals surface area contributed by atoms with Crippen molar-refractivity contribution in [1.29, 1.82) is 0 Å². The second-order valence-electron chi connectivity index (χ2n) is 5.30. The second kappa shape index (κ2) is 6.09. The molecule has 0 radical (unpaired) electrons.